The third-order valence-electron chi connectivity index (χ3n) is 4.67. The second-order valence-corrected chi connectivity index (χ2v) is 7.58. The molecule has 0 unspecified atom stereocenters. The van der Waals surface area contributed by atoms with Crippen molar-refractivity contribution in [2.75, 3.05) is 23.7 Å². The number of carbonyl (C=O) groups is 3. The van der Waals surface area contributed by atoms with Crippen LogP contribution < -0.4 is 22.1 Å². The van der Waals surface area contributed by atoms with Crippen LogP contribution in [0.1, 0.15) is 55.1 Å². The summed E-state index contributed by atoms with van der Waals surface area (Å²) in [6.45, 7) is 8.88. The van der Waals surface area contributed by atoms with Crippen LogP contribution in [-0.2, 0) is 4.79 Å². The number of hydrogen-bond donors (Lipinski definition) is 4. The van der Waals surface area contributed by atoms with E-state index in [9.17, 15) is 14.4 Å². The number of nitrogens with two attached hydrogens (primary N) is 2. The minimum Gasteiger partial charge on any atom is -0.368 e. The zero-order valence-corrected chi connectivity index (χ0v) is 18.8. The van der Waals surface area contributed by atoms with Crippen LogP contribution in [0.5, 0.6) is 0 Å². The molecule has 11 heteroatoms. The topological polar surface area (TPSA) is 169 Å². The van der Waals surface area contributed by atoms with E-state index in [4.69, 9.17) is 11.5 Å². The zero-order chi connectivity index (χ0) is 23.8. The lowest BCUT2D eigenvalue weighted by atomic mass is 10.0. The first-order valence-corrected chi connectivity index (χ1v) is 10.4. The summed E-state index contributed by atoms with van der Waals surface area (Å²) in [5, 5.41) is 5.89. The molecule has 6 N–H and O–H groups in total. The van der Waals surface area contributed by atoms with E-state index >= 15 is 0 Å². The zero-order valence-electron chi connectivity index (χ0n) is 18.8. The van der Waals surface area contributed by atoms with Crippen LogP contribution in [0.4, 0.5) is 17.3 Å². The van der Waals surface area contributed by atoms with Gasteiger partial charge in [-0.3, -0.25) is 14.4 Å². The Balaban J connectivity index is 2.27. The molecule has 2 aromatic rings. The number of primary amides is 2. The average molecular weight is 443 g/mol. The molecule has 0 radical (unpaired) electrons. The van der Waals surface area contributed by atoms with E-state index in [-0.39, 0.29) is 29.2 Å². The normalized spacial score (nSPS) is 11.7. The molecule has 1 atom stereocenters. The number of nitrogens with zero attached hydrogens (tertiary/aromatic N) is 4. The summed E-state index contributed by atoms with van der Waals surface area (Å²) in [5.41, 5.74) is 11.6. The van der Waals surface area contributed by atoms with Crippen molar-refractivity contribution in [3.63, 3.8) is 0 Å². The molecule has 2 aromatic heterocycles. The number of carbonyl (C=O) groups excluding carboxylic acids is 3. The van der Waals surface area contributed by atoms with Gasteiger partial charge >= 0.3 is 0 Å². The van der Waals surface area contributed by atoms with E-state index in [1.165, 1.54) is 12.4 Å². The van der Waals surface area contributed by atoms with E-state index < -0.39 is 17.9 Å². The lowest BCUT2D eigenvalue weighted by Gasteiger charge is -2.19. The van der Waals surface area contributed by atoms with Gasteiger partial charge in [0.25, 0.3) is 11.8 Å². The van der Waals surface area contributed by atoms with Crippen LogP contribution in [0.2, 0.25) is 0 Å². The standard InChI is InChI=1S/C21H30N8O3/c1-5-29(6-2)21(32)14-8-7-13(10-24-14)26-20-17(19(23)31)25-11-16(28-20)27-15(18(22)30)9-12(3)4/h7-8,10-12,15H,5-6,9H2,1-4H3,(H2,22,30)(H2,23,31)(H2,26,27,28)/t15-/m1/s1. The summed E-state index contributed by atoms with van der Waals surface area (Å²) in [6.07, 6.45) is 3.27. The fourth-order valence-corrected chi connectivity index (χ4v) is 3.03. The van der Waals surface area contributed by atoms with Crippen LogP contribution >= 0.6 is 0 Å². The largest absolute Gasteiger partial charge is 0.368 e. The molecule has 0 aromatic carbocycles. The summed E-state index contributed by atoms with van der Waals surface area (Å²) in [6, 6.07) is 2.57. The first-order valence-electron chi connectivity index (χ1n) is 10.4. The second kappa shape index (κ2) is 11.0. The first-order chi connectivity index (χ1) is 15.2. The Morgan fingerprint density at radius 2 is 1.75 bits per heavy atom. The van der Waals surface area contributed by atoms with E-state index in [0.717, 1.165) is 0 Å². The van der Waals surface area contributed by atoms with Crippen LogP contribution in [0.15, 0.2) is 24.5 Å². The highest BCUT2D eigenvalue weighted by molar-refractivity contribution is 5.96. The van der Waals surface area contributed by atoms with Gasteiger partial charge in [-0.15, -0.1) is 0 Å². The van der Waals surface area contributed by atoms with Gasteiger partial charge in [-0.2, -0.15) is 0 Å². The predicted molar refractivity (Wildman–Crippen MR) is 121 cm³/mol. The minimum absolute atomic E-state index is 0.0832. The summed E-state index contributed by atoms with van der Waals surface area (Å²) >= 11 is 0. The highest BCUT2D eigenvalue weighted by Gasteiger charge is 2.20. The fourth-order valence-electron chi connectivity index (χ4n) is 3.03. The molecular formula is C21H30N8O3. The summed E-state index contributed by atoms with van der Waals surface area (Å²) in [5.74, 6) is -0.914. The Hall–Kier alpha value is -3.76. The number of rotatable bonds is 11. The van der Waals surface area contributed by atoms with Crippen molar-refractivity contribution in [1.29, 1.82) is 0 Å². The van der Waals surface area contributed by atoms with E-state index in [1.807, 2.05) is 27.7 Å². The molecule has 0 fully saturated rings. The van der Waals surface area contributed by atoms with Crippen LogP contribution in [-0.4, -0.2) is 56.7 Å². The molecule has 3 amide bonds. The van der Waals surface area contributed by atoms with Crippen molar-refractivity contribution in [3.05, 3.63) is 35.9 Å². The Morgan fingerprint density at radius 3 is 2.25 bits per heavy atom. The van der Waals surface area contributed by atoms with E-state index in [0.29, 0.717) is 30.9 Å². The summed E-state index contributed by atoms with van der Waals surface area (Å²) < 4.78 is 0. The predicted octanol–water partition coefficient (Wildman–Crippen LogP) is 1.51. The Bertz CT molecular complexity index is 958. The van der Waals surface area contributed by atoms with Gasteiger partial charge in [0.2, 0.25) is 5.91 Å². The molecule has 172 valence electrons. The molecule has 11 nitrogen and oxygen atoms in total. The molecule has 0 spiro atoms. The van der Waals surface area contributed by atoms with Crippen molar-refractivity contribution in [2.24, 2.45) is 17.4 Å². The molecular weight excluding hydrogens is 412 g/mol. The second-order valence-electron chi connectivity index (χ2n) is 7.58. The number of amides is 3. The van der Waals surface area contributed by atoms with Gasteiger partial charge in [0.1, 0.15) is 17.6 Å². The molecule has 0 aliphatic heterocycles. The number of pyridine rings is 1. The SMILES string of the molecule is CCN(CC)C(=O)c1ccc(Nc2nc(N[C@H](CC(C)C)C(N)=O)cnc2C(N)=O)cn1. The van der Waals surface area contributed by atoms with Crippen molar-refractivity contribution in [3.8, 4) is 0 Å². The minimum atomic E-state index is -0.776. The van der Waals surface area contributed by atoms with Gasteiger partial charge in [-0.1, -0.05) is 13.8 Å². The monoisotopic (exact) mass is 442 g/mol. The van der Waals surface area contributed by atoms with Gasteiger partial charge < -0.3 is 27.0 Å². The van der Waals surface area contributed by atoms with E-state index in [2.05, 4.69) is 25.6 Å². The van der Waals surface area contributed by atoms with Gasteiger partial charge in [-0.05, 0) is 38.3 Å². The maximum Gasteiger partial charge on any atom is 0.272 e. The van der Waals surface area contributed by atoms with Crippen molar-refractivity contribution in [2.45, 2.75) is 40.2 Å². The average Bonchev–Trinajstić information content (AvgIpc) is 2.74. The maximum absolute atomic E-state index is 12.4. The number of hydrogen-bond acceptors (Lipinski definition) is 8. The fraction of sp³-hybridized carbons (Fsp3) is 0.429. The lowest BCUT2D eigenvalue weighted by molar-refractivity contribution is -0.119. The van der Waals surface area contributed by atoms with Crippen molar-refractivity contribution in [1.82, 2.24) is 19.9 Å². The van der Waals surface area contributed by atoms with E-state index in [1.54, 1.807) is 17.0 Å². The Morgan fingerprint density at radius 1 is 1.06 bits per heavy atom. The van der Waals surface area contributed by atoms with Crippen LogP contribution in [0.25, 0.3) is 0 Å². The van der Waals surface area contributed by atoms with Gasteiger partial charge in [0.15, 0.2) is 11.5 Å². The molecule has 0 saturated heterocycles. The molecule has 2 rings (SSSR count). The maximum atomic E-state index is 12.4. The smallest absolute Gasteiger partial charge is 0.272 e. The third kappa shape index (κ3) is 6.37. The van der Waals surface area contributed by atoms with Crippen molar-refractivity contribution < 1.29 is 14.4 Å². The highest BCUT2D eigenvalue weighted by atomic mass is 16.2. The van der Waals surface area contributed by atoms with Gasteiger partial charge in [0.05, 0.1) is 18.1 Å². The third-order valence-corrected chi connectivity index (χ3v) is 4.67. The van der Waals surface area contributed by atoms with Crippen molar-refractivity contribution >= 4 is 35.0 Å². The van der Waals surface area contributed by atoms with Gasteiger partial charge in [0, 0.05) is 13.1 Å². The van der Waals surface area contributed by atoms with Crippen LogP contribution in [0, 0.1) is 5.92 Å². The summed E-state index contributed by atoms with van der Waals surface area (Å²) in [7, 11) is 0. The molecule has 0 saturated carbocycles. The first kappa shape index (κ1) is 24.5. The van der Waals surface area contributed by atoms with Crippen LogP contribution in [0.3, 0.4) is 0 Å². The number of aromatic nitrogens is 3. The number of anilines is 3. The Labute approximate surface area is 187 Å². The molecule has 2 heterocycles. The quantitative estimate of drug-likeness (QED) is 0.406. The summed E-state index contributed by atoms with van der Waals surface area (Å²) in [4.78, 5) is 50.2. The lowest BCUT2D eigenvalue weighted by Crippen LogP contribution is -2.37. The molecule has 0 bridgehead atoms. The molecule has 0 aliphatic carbocycles. The van der Waals surface area contributed by atoms with Gasteiger partial charge in [-0.25, -0.2) is 15.0 Å². The highest BCUT2D eigenvalue weighted by Crippen LogP contribution is 2.20. The molecule has 0 aliphatic rings. The number of nitrogens with one attached hydrogen (secondary N) is 2. The molecule has 32 heavy (non-hydrogen) atoms. The Kier molecular flexibility index (Phi) is 8.45.